The van der Waals surface area contributed by atoms with E-state index in [4.69, 9.17) is 0 Å². The third-order valence-corrected chi connectivity index (χ3v) is 3.29. The Balaban J connectivity index is 2.26. The van der Waals surface area contributed by atoms with E-state index in [0.717, 1.165) is 11.6 Å². The van der Waals surface area contributed by atoms with Gasteiger partial charge in [-0.2, -0.15) is 0 Å². The lowest BCUT2D eigenvalue weighted by atomic mass is 9.97. The zero-order valence-electron chi connectivity index (χ0n) is 11.4. The molecule has 2 rings (SSSR count). The number of aryl methyl sites for hydroxylation is 1. The zero-order valence-corrected chi connectivity index (χ0v) is 11.4. The first kappa shape index (κ1) is 14.6. The maximum absolute atomic E-state index is 13.3. The number of hydrogen-bond acceptors (Lipinski definition) is 1. The lowest BCUT2D eigenvalue weighted by molar-refractivity contribution is 0.560. The molecule has 0 aliphatic heterocycles. The molecule has 0 spiro atoms. The summed E-state index contributed by atoms with van der Waals surface area (Å²) in [6.07, 6.45) is 0.427. The molecular formula is C16H16F3N. The molecule has 1 atom stereocenters. The minimum Gasteiger partial charge on any atom is -0.313 e. The first-order chi connectivity index (χ1) is 9.49. The molecule has 0 amide bonds. The second kappa shape index (κ2) is 6.09. The van der Waals surface area contributed by atoms with Crippen LogP contribution in [0.25, 0.3) is 0 Å². The monoisotopic (exact) mass is 279 g/mol. The van der Waals surface area contributed by atoms with Crippen molar-refractivity contribution in [3.05, 3.63) is 70.5 Å². The Bertz CT molecular complexity index is 590. The Kier molecular flexibility index (Phi) is 4.45. The molecule has 106 valence electrons. The van der Waals surface area contributed by atoms with Crippen LogP contribution in [0.1, 0.15) is 22.7 Å². The Morgan fingerprint density at radius 1 is 1.00 bits per heavy atom. The SMILES string of the molecule is CNC(Cc1cc(F)cc(F)c1)c1ccc(F)c(C)c1. The van der Waals surface area contributed by atoms with Gasteiger partial charge in [-0.05, 0) is 55.3 Å². The van der Waals surface area contributed by atoms with Gasteiger partial charge in [-0.1, -0.05) is 12.1 Å². The molecule has 0 aliphatic carbocycles. The highest BCUT2D eigenvalue weighted by molar-refractivity contribution is 5.29. The summed E-state index contributed by atoms with van der Waals surface area (Å²) in [6.45, 7) is 1.69. The van der Waals surface area contributed by atoms with Gasteiger partial charge in [0.05, 0.1) is 0 Å². The highest BCUT2D eigenvalue weighted by atomic mass is 19.1. The van der Waals surface area contributed by atoms with E-state index in [0.29, 0.717) is 17.5 Å². The van der Waals surface area contributed by atoms with Gasteiger partial charge in [0.2, 0.25) is 0 Å². The average Bonchev–Trinajstić information content (AvgIpc) is 2.38. The smallest absolute Gasteiger partial charge is 0.126 e. The van der Waals surface area contributed by atoms with Gasteiger partial charge in [0, 0.05) is 12.1 Å². The molecule has 0 saturated carbocycles. The molecule has 2 aromatic rings. The van der Waals surface area contributed by atoms with E-state index >= 15 is 0 Å². The fourth-order valence-electron chi connectivity index (χ4n) is 2.24. The molecule has 0 radical (unpaired) electrons. The van der Waals surface area contributed by atoms with Crippen molar-refractivity contribution in [3.63, 3.8) is 0 Å². The summed E-state index contributed by atoms with van der Waals surface area (Å²) < 4.78 is 39.7. The molecular weight excluding hydrogens is 263 g/mol. The number of hydrogen-bond donors (Lipinski definition) is 1. The third kappa shape index (κ3) is 3.39. The van der Waals surface area contributed by atoms with Crippen LogP contribution in [-0.4, -0.2) is 7.05 Å². The Morgan fingerprint density at radius 3 is 2.20 bits per heavy atom. The van der Waals surface area contributed by atoms with Crippen molar-refractivity contribution < 1.29 is 13.2 Å². The van der Waals surface area contributed by atoms with Crippen LogP contribution in [0.3, 0.4) is 0 Å². The first-order valence-electron chi connectivity index (χ1n) is 6.38. The maximum Gasteiger partial charge on any atom is 0.126 e. The van der Waals surface area contributed by atoms with Crippen LogP contribution < -0.4 is 5.32 Å². The third-order valence-electron chi connectivity index (χ3n) is 3.29. The molecule has 0 aliphatic rings. The summed E-state index contributed by atoms with van der Waals surface area (Å²) in [7, 11) is 1.76. The summed E-state index contributed by atoms with van der Waals surface area (Å²) >= 11 is 0. The predicted molar refractivity (Wildman–Crippen MR) is 73.0 cm³/mol. The summed E-state index contributed by atoms with van der Waals surface area (Å²) in [4.78, 5) is 0. The highest BCUT2D eigenvalue weighted by Crippen LogP contribution is 2.21. The maximum atomic E-state index is 13.3. The molecule has 4 heteroatoms. The number of halogens is 3. The quantitative estimate of drug-likeness (QED) is 0.894. The molecule has 0 fully saturated rings. The standard InChI is InChI=1S/C16H16F3N/c1-10-5-12(3-4-15(10)19)16(20-2)8-11-6-13(17)9-14(18)7-11/h3-7,9,16,20H,8H2,1-2H3. The highest BCUT2D eigenvalue weighted by Gasteiger charge is 2.13. The summed E-state index contributed by atoms with van der Waals surface area (Å²) in [5.41, 5.74) is 1.99. The van der Waals surface area contributed by atoms with Crippen LogP contribution in [0.4, 0.5) is 13.2 Å². The molecule has 1 unspecified atom stereocenters. The van der Waals surface area contributed by atoms with E-state index in [2.05, 4.69) is 5.32 Å². The van der Waals surface area contributed by atoms with E-state index in [9.17, 15) is 13.2 Å². The minimum atomic E-state index is -0.592. The molecule has 20 heavy (non-hydrogen) atoms. The van der Waals surface area contributed by atoms with Crippen LogP contribution in [0, 0.1) is 24.4 Å². The lowest BCUT2D eigenvalue weighted by Crippen LogP contribution is -2.19. The minimum absolute atomic E-state index is 0.129. The van der Waals surface area contributed by atoms with Crippen molar-refractivity contribution in [1.29, 1.82) is 0 Å². The summed E-state index contributed by atoms with van der Waals surface area (Å²) in [5.74, 6) is -1.45. The van der Waals surface area contributed by atoms with Gasteiger partial charge in [0.15, 0.2) is 0 Å². The van der Waals surface area contributed by atoms with Crippen molar-refractivity contribution in [2.75, 3.05) is 7.05 Å². The summed E-state index contributed by atoms with van der Waals surface area (Å²) in [5, 5.41) is 3.09. The summed E-state index contributed by atoms with van der Waals surface area (Å²) in [6, 6.07) is 8.16. The predicted octanol–water partition coefficient (Wildman–Crippen LogP) is 3.92. The molecule has 0 saturated heterocycles. The van der Waals surface area contributed by atoms with Crippen LogP contribution in [0.2, 0.25) is 0 Å². The first-order valence-corrected chi connectivity index (χ1v) is 6.38. The van der Waals surface area contributed by atoms with Gasteiger partial charge in [0.25, 0.3) is 0 Å². The van der Waals surface area contributed by atoms with Crippen molar-refractivity contribution in [2.24, 2.45) is 0 Å². The van der Waals surface area contributed by atoms with E-state index < -0.39 is 11.6 Å². The Hall–Kier alpha value is -1.81. The van der Waals surface area contributed by atoms with E-state index in [1.54, 1.807) is 26.1 Å². The second-order valence-corrected chi connectivity index (χ2v) is 4.83. The molecule has 0 aromatic heterocycles. The van der Waals surface area contributed by atoms with Gasteiger partial charge < -0.3 is 5.32 Å². The normalized spacial score (nSPS) is 12.4. The van der Waals surface area contributed by atoms with Crippen molar-refractivity contribution >= 4 is 0 Å². The number of nitrogens with one attached hydrogen (secondary N) is 1. The fraction of sp³-hybridized carbons (Fsp3) is 0.250. The number of likely N-dealkylation sites (N-methyl/N-ethyl adjacent to an activating group) is 1. The molecule has 1 nitrogen and oxygen atoms in total. The second-order valence-electron chi connectivity index (χ2n) is 4.83. The van der Waals surface area contributed by atoms with Gasteiger partial charge in [-0.25, -0.2) is 13.2 Å². The van der Waals surface area contributed by atoms with Crippen molar-refractivity contribution in [2.45, 2.75) is 19.4 Å². The van der Waals surface area contributed by atoms with Gasteiger partial charge in [-0.15, -0.1) is 0 Å². The van der Waals surface area contributed by atoms with E-state index in [-0.39, 0.29) is 11.9 Å². The van der Waals surface area contributed by atoms with E-state index in [1.165, 1.54) is 18.2 Å². The fourth-order valence-corrected chi connectivity index (χ4v) is 2.24. The van der Waals surface area contributed by atoms with Crippen LogP contribution in [-0.2, 0) is 6.42 Å². The zero-order chi connectivity index (χ0) is 14.7. The average molecular weight is 279 g/mol. The molecule has 1 N–H and O–H groups in total. The molecule has 0 heterocycles. The van der Waals surface area contributed by atoms with Crippen molar-refractivity contribution in [1.82, 2.24) is 5.32 Å². The lowest BCUT2D eigenvalue weighted by Gasteiger charge is -2.17. The van der Waals surface area contributed by atoms with Crippen molar-refractivity contribution in [3.8, 4) is 0 Å². The molecule has 0 bridgehead atoms. The number of rotatable bonds is 4. The molecule has 2 aromatic carbocycles. The van der Waals surface area contributed by atoms with Crippen LogP contribution >= 0.6 is 0 Å². The van der Waals surface area contributed by atoms with Gasteiger partial charge in [-0.3, -0.25) is 0 Å². The van der Waals surface area contributed by atoms with E-state index in [1.807, 2.05) is 0 Å². The van der Waals surface area contributed by atoms with Gasteiger partial charge in [0.1, 0.15) is 17.5 Å². The van der Waals surface area contributed by atoms with Crippen LogP contribution in [0.15, 0.2) is 36.4 Å². The topological polar surface area (TPSA) is 12.0 Å². The van der Waals surface area contributed by atoms with Crippen LogP contribution in [0.5, 0.6) is 0 Å². The Labute approximate surface area is 116 Å². The largest absolute Gasteiger partial charge is 0.313 e. The number of benzene rings is 2. The Morgan fingerprint density at radius 2 is 1.65 bits per heavy atom. The van der Waals surface area contributed by atoms with Gasteiger partial charge >= 0.3 is 0 Å².